The Kier molecular flexibility index (Phi) is 11.5. The van der Waals surface area contributed by atoms with E-state index in [0.717, 1.165) is 23.2 Å². The molecule has 0 spiro atoms. The maximum absolute atomic E-state index is 12.5. The van der Waals surface area contributed by atoms with Crippen LogP contribution in [0.25, 0.3) is 0 Å². The molecular formula is C29H38N4O5S. The molecule has 3 rings (SSSR count). The number of anilines is 2. The van der Waals surface area contributed by atoms with Gasteiger partial charge in [-0.15, -0.1) is 0 Å². The van der Waals surface area contributed by atoms with E-state index in [1.807, 2.05) is 60.2 Å². The van der Waals surface area contributed by atoms with Crippen LogP contribution in [0.2, 0.25) is 0 Å². The van der Waals surface area contributed by atoms with Gasteiger partial charge in [-0.3, -0.25) is 9.78 Å². The molecule has 2 aromatic carbocycles. The van der Waals surface area contributed by atoms with Crippen LogP contribution in [0.3, 0.4) is 0 Å². The number of nitrogens with one attached hydrogen (secondary N) is 3. The van der Waals surface area contributed by atoms with Crippen LogP contribution in [0.15, 0.2) is 71.9 Å². The minimum absolute atomic E-state index is 0.106. The van der Waals surface area contributed by atoms with Crippen molar-refractivity contribution in [1.29, 1.82) is 0 Å². The second-order valence-corrected chi connectivity index (χ2v) is 11.7. The fraction of sp³-hybridized carbons (Fsp3) is 0.345. The number of hydrogen-bond donors (Lipinski definition) is 4. The first-order chi connectivity index (χ1) is 18.3. The maximum Gasteiger partial charge on any atom is 0.328 e. The number of hydrogen-bond acceptors (Lipinski definition) is 6. The minimum atomic E-state index is -4.05. The van der Waals surface area contributed by atoms with Crippen molar-refractivity contribution < 1.29 is 23.1 Å². The number of aryl methyl sites for hydroxylation is 1. The predicted molar refractivity (Wildman–Crippen MR) is 154 cm³/mol. The summed E-state index contributed by atoms with van der Waals surface area (Å²) in [7, 11) is -4.05. The highest BCUT2D eigenvalue weighted by Gasteiger charge is 2.22. The zero-order chi connectivity index (χ0) is 29.2. The highest BCUT2D eigenvalue weighted by atomic mass is 32.2. The van der Waals surface area contributed by atoms with Crippen LogP contribution in [0.5, 0.6) is 0 Å². The Morgan fingerprint density at radius 3 is 2.21 bits per heavy atom. The largest absolute Gasteiger partial charge is 0.481 e. The van der Waals surface area contributed by atoms with E-state index in [0.29, 0.717) is 11.6 Å². The summed E-state index contributed by atoms with van der Waals surface area (Å²) in [5, 5.41) is 14.4. The van der Waals surface area contributed by atoms with Crippen molar-refractivity contribution in [3.05, 3.63) is 83.7 Å². The van der Waals surface area contributed by atoms with Gasteiger partial charge in [0.1, 0.15) is 4.90 Å². The third-order valence-electron chi connectivity index (χ3n) is 5.51. The van der Waals surface area contributed by atoms with Crippen molar-refractivity contribution in [2.24, 2.45) is 5.92 Å². The molecule has 2 amide bonds. The fourth-order valence-corrected chi connectivity index (χ4v) is 4.62. The highest BCUT2D eigenvalue weighted by molar-refractivity contribution is 7.90. The van der Waals surface area contributed by atoms with Gasteiger partial charge in [-0.1, -0.05) is 50.2 Å². The molecule has 0 saturated heterocycles. The van der Waals surface area contributed by atoms with E-state index in [-0.39, 0.29) is 10.9 Å². The quantitative estimate of drug-likeness (QED) is 0.270. The lowest BCUT2D eigenvalue weighted by Crippen LogP contribution is -2.42. The second kappa shape index (κ2) is 14.3. The van der Waals surface area contributed by atoms with E-state index in [4.69, 9.17) is 5.11 Å². The lowest BCUT2D eigenvalue weighted by molar-refractivity contribution is -0.138. The third kappa shape index (κ3) is 10.4. The van der Waals surface area contributed by atoms with Crippen molar-refractivity contribution in [2.75, 3.05) is 5.32 Å². The molecule has 0 aliphatic rings. The first-order valence-corrected chi connectivity index (χ1v) is 14.2. The lowest BCUT2D eigenvalue weighted by atomic mass is 9.97. The van der Waals surface area contributed by atoms with E-state index in [1.54, 1.807) is 20.8 Å². The van der Waals surface area contributed by atoms with Crippen LogP contribution >= 0.6 is 0 Å². The Hall–Kier alpha value is -3.92. The number of urea groups is 1. The molecule has 0 fully saturated rings. The molecule has 1 atom stereocenters. The Balaban J connectivity index is 0.000000306. The molecule has 3 aromatic rings. The Morgan fingerprint density at radius 1 is 0.974 bits per heavy atom. The number of aliphatic carboxylic acids is 1. The Morgan fingerprint density at radius 2 is 1.64 bits per heavy atom. The number of benzene rings is 2. The Labute approximate surface area is 231 Å². The number of nitrogens with zero attached hydrogens (tertiary/aromatic N) is 1. The minimum Gasteiger partial charge on any atom is -0.481 e. The topological polar surface area (TPSA) is 137 Å². The monoisotopic (exact) mass is 554 g/mol. The molecular weight excluding hydrogens is 516 g/mol. The molecule has 1 unspecified atom stereocenters. The summed E-state index contributed by atoms with van der Waals surface area (Å²) in [6.07, 6.45) is 3.72. The summed E-state index contributed by atoms with van der Waals surface area (Å²) in [6, 6.07) is 16.0. The lowest BCUT2D eigenvalue weighted by Gasteiger charge is -2.14. The molecule has 0 radical (unpaired) electrons. The maximum atomic E-state index is 12.5. The average Bonchev–Trinajstić information content (AvgIpc) is 2.83. The van der Waals surface area contributed by atoms with Gasteiger partial charge in [0.25, 0.3) is 10.0 Å². The van der Waals surface area contributed by atoms with Gasteiger partial charge in [-0.2, -0.15) is 0 Å². The molecule has 4 N–H and O–H groups in total. The van der Waals surface area contributed by atoms with Gasteiger partial charge >= 0.3 is 12.0 Å². The number of carboxylic acid groups (broad SMARTS) is 1. The van der Waals surface area contributed by atoms with Crippen LogP contribution in [-0.2, 0) is 21.2 Å². The van der Waals surface area contributed by atoms with Gasteiger partial charge in [0.15, 0.2) is 0 Å². The van der Waals surface area contributed by atoms with Gasteiger partial charge in [0.05, 0.1) is 11.6 Å². The summed E-state index contributed by atoms with van der Waals surface area (Å²) < 4.78 is 26.9. The van der Waals surface area contributed by atoms with Crippen molar-refractivity contribution in [3.63, 3.8) is 0 Å². The van der Waals surface area contributed by atoms with Gasteiger partial charge < -0.3 is 15.7 Å². The fourth-order valence-electron chi connectivity index (χ4n) is 3.60. The molecule has 210 valence electrons. The number of aromatic nitrogens is 1. The number of sulfonamides is 1. The van der Waals surface area contributed by atoms with Crippen molar-refractivity contribution in [3.8, 4) is 0 Å². The van der Waals surface area contributed by atoms with Gasteiger partial charge in [0.2, 0.25) is 0 Å². The molecule has 0 saturated carbocycles. The van der Waals surface area contributed by atoms with Crippen molar-refractivity contribution in [1.82, 2.24) is 15.0 Å². The number of carboxylic acids is 1. The highest BCUT2D eigenvalue weighted by Crippen LogP contribution is 2.24. The SMILES string of the molecule is CC(C)Cc1ccc(C(C)C(=O)O)cc1.Cc1cccc(Nc2ccncc2S(=O)(=O)NC(=O)NC(C)C)c1. The Bertz CT molecular complexity index is 1360. The average molecular weight is 555 g/mol. The van der Waals surface area contributed by atoms with Gasteiger partial charge in [-0.05, 0) is 74.9 Å². The summed E-state index contributed by atoms with van der Waals surface area (Å²) >= 11 is 0. The van der Waals surface area contributed by atoms with Crippen molar-refractivity contribution in [2.45, 2.75) is 64.8 Å². The summed E-state index contributed by atoms with van der Waals surface area (Å²) in [5.41, 5.74) is 4.25. The molecule has 0 aliphatic carbocycles. The van der Waals surface area contributed by atoms with E-state index in [9.17, 15) is 18.0 Å². The molecule has 1 aromatic heterocycles. The third-order valence-corrected chi connectivity index (χ3v) is 6.87. The van der Waals surface area contributed by atoms with Crippen LogP contribution in [-0.4, -0.2) is 36.6 Å². The summed E-state index contributed by atoms with van der Waals surface area (Å²) in [6.45, 7) is 11.5. The molecule has 1 heterocycles. The summed E-state index contributed by atoms with van der Waals surface area (Å²) in [5.74, 6) is -0.558. The predicted octanol–water partition coefficient (Wildman–Crippen LogP) is 5.60. The number of carbonyl (C=O) groups excluding carboxylic acids is 1. The van der Waals surface area contributed by atoms with Gasteiger partial charge in [-0.25, -0.2) is 17.9 Å². The number of amides is 2. The molecule has 0 aliphatic heterocycles. The molecule has 9 nitrogen and oxygen atoms in total. The zero-order valence-electron chi connectivity index (χ0n) is 23.2. The van der Waals surface area contributed by atoms with Crippen LogP contribution < -0.4 is 15.4 Å². The molecule has 39 heavy (non-hydrogen) atoms. The van der Waals surface area contributed by atoms with E-state index < -0.39 is 27.9 Å². The zero-order valence-corrected chi connectivity index (χ0v) is 24.0. The molecule has 0 bridgehead atoms. The first kappa shape index (κ1) is 31.3. The van der Waals surface area contributed by atoms with Crippen LogP contribution in [0, 0.1) is 12.8 Å². The number of carbonyl (C=O) groups is 2. The second-order valence-electron chi connectivity index (χ2n) is 10.00. The van der Waals surface area contributed by atoms with Crippen LogP contribution in [0.4, 0.5) is 16.2 Å². The van der Waals surface area contributed by atoms with E-state index >= 15 is 0 Å². The van der Waals surface area contributed by atoms with E-state index in [2.05, 4.69) is 29.5 Å². The van der Waals surface area contributed by atoms with Crippen LogP contribution in [0.1, 0.15) is 57.2 Å². The van der Waals surface area contributed by atoms with Gasteiger partial charge in [0, 0.05) is 24.1 Å². The van der Waals surface area contributed by atoms with Crippen molar-refractivity contribution >= 4 is 33.4 Å². The van der Waals surface area contributed by atoms with E-state index in [1.165, 1.54) is 24.0 Å². The number of rotatable bonds is 9. The first-order valence-electron chi connectivity index (χ1n) is 12.7. The standard InChI is InChI=1S/C16H20N4O3S.C13H18O2/c1-11(2)18-16(21)20-24(22,23)15-10-17-8-7-14(15)19-13-6-4-5-12(3)9-13;1-9(2)8-11-4-6-12(7-5-11)10(3)13(14)15/h4-11H,1-3H3,(H,17,19)(H2,18,20,21);4-7,9-10H,8H2,1-3H3,(H,14,15). The smallest absolute Gasteiger partial charge is 0.328 e. The molecule has 10 heteroatoms. The number of pyridine rings is 1. The normalized spacial score (nSPS) is 11.8. The summed E-state index contributed by atoms with van der Waals surface area (Å²) in [4.78, 5) is 26.2.